The van der Waals surface area contributed by atoms with Crippen molar-refractivity contribution in [1.82, 2.24) is 10.1 Å². The Morgan fingerprint density at radius 1 is 1.08 bits per heavy atom. The van der Waals surface area contributed by atoms with E-state index in [0.717, 1.165) is 16.7 Å². The monoisotopic (exact) mass is 334 g/mol. The van der Waals surface area contributed by atoms with Crippen LogP contribution >= 0.6 is 0 Å². The molecule has 0 unspecified atom stereocenters. The van der Waals surface area contributed by atoms with Crippen molar-refractivity contribution in [1.29, 1.82) is 0 Å². The SMILES string of the molecule is Cc1ccc(C)c(C(=O)Cc2noc(-c3ccc(C(C)C)cc3)n2)c1. The van der Waals surface area contributed by atoms with Crippen molar-refractivity contribution in [2.24, 2.45) is 0 Å². The number of ketones is 1. The van der Waals surface area contributed by atoms with Crippen LogP contribution in [0.25, 0.3) is 11.5 Å². The summed E-state index contributed by atoms with van der Waals surface area (Å²) in [7, 11) is 0. The molecule has 0 aliphatic rings. The minimum absolute atomic E-state index is 0.00343. The molecule has 0 saturated carbocycles. The Labute approximate surface area is 147 Å². The van der Waals surface area contributed by atoms with Gasteiger partial charge in [0, 0.05) is 11.1 Å². The lowest BCUT2D eigenvalue weighted by atomic mass is 10.00. The average molecular weight is 334 g/mol. The summed E-state index contributed by atoms with van der Waals surface area (Å²) in [6, 6.07) is 13.9. The van der Waals surface area contributed by atoms with Crippen molar-refractivity contribution in [3.05, 3.63) is 70.5 Å². The van der Waals surface area contributed by atoms with Crippen LogP contribution in [0.1, 0.15) is 52.6 Å². The Bertz CT molecular complexity index is 893. The highest BCUT2D eigenvalue weighted by atomic mass is 16.5. The molecular formula is C21H22N2O2. The van der Waals surface area contributed by atoms with Gasteiger partial charge in [-0.3, -0.25) is 4.79 Å². The number of Topliss-reactive ketones (excluding diaryl/α,β-unsaturated/α-hetero) is 1. The molecule has 0 aliphatic heterocycles. The van der Waals surface area contributed by atoms with Crippen LogP contribution in [0.15, 0.2) is 47.0 Å². The van der Waals surface area contributed by atoms with Gasteiger partial charge >= 0.3 is 0 Å². The van der Waals surface area contributed by atoms with Crippen molar-refractivity contribution in [2.45, 2.75) is 40.0 Å². The molecule has 0 spiro atoms. The van der Waals surface area contributed by atoms with E-state index in [2.05, 4.69) is 36.1 Å². The normalized spacial score (nSPS) is 11.1. The third-order valence-corrected chi connectivity index (χ3v) is 4.30. The molecule has 2 aromatic carbocycles. The standard InChI is InChI=1S/C21H22N2O2/c1-13(2)16-7-9-17(10-8-16)21-22-20(23-25-21)12-19(24)18-11-14(3)5-6-15(18)4/h5-11,13H,12H2,1-4H3. The van der Waals surface area contributed by atoms with Gasteiger partial charge in [-0.2, -0.15) is 4.98 Å². The summed E-state index contributed by atoms with van der Waals surface area (Å²) in [6.07, 6.45) is 0.137. The first-order valence-corrected chi connectivity index (χ1v) is 8.47. The van der Waals surface area contributed by atoms with Gasteiger partial charge in [-0.05, 0) is 49.1 Å². The molecule has 0 saturated heterocycles. The number of carbonyl (C=O) groups excluding carboxylic acids is 1. The molecule has 0 radical (unpaired) electrons. The maximum Gasteiger partial charge on any atom is 0.257 e. The Kier molecular flexibility index (Phi) is 4.79. The summed E-state index contributed by atoms with van der Waals surface area (Å²) in [6.45, 7) is 8.21. The largest absolute Gasteiger partial charge is 0.334 e. The fourth-order valence-corrected chi connectivity index (χ4v) is 2.73. The number of rotatable bonds is 5. The molecule has 0 amide bonds. The van der Waals surface area contributed by atoms with E-state index in [1.165, 1.54) is 5.56 Å². The highest BCUT2D eigenvalue weighted by Gasteiger charge is 2.15. The molecule has 0 aliphatic carbocycles. The van der Waals surface area contributed by atoms with Gasteiger partial charge in [-0.15, -0.1) is 0 Å². The molecule has 3 aromatic rings. The molecule has 0 bridgehead atoms. The Morgan fingerprint density at radius 2 is 1.80 bits per heavy atom. The third-order valence-electron chi connectivity index (χ3n) is 4.30. The highest BCUT2D eigenvalue weighted by Crippen LogP contribution is 2.22. The second kappa shape index (κ2) is 7.01. The molecule has 0 N–H and O–H groups in total. The topological polar surface area (TPSA) is 56.0 Å². The zero-order valence-corrected chi connectivity index (χ0v) is 15.0. The Hall–Kier alpha value is -2.75. The predicted molar refractivity (Wildman–Crippen MR) is 97.8 cm³/mol. The van der Waals surface area contributed by atoms with E-state index in [4.69, 9.17) is 4.52 Å². The van der Waals surface area contributed by atoms with Gasteiger partial charge in [0.25, 0.3) is 5.89 Å². The summed E-state index contributed by atoms with van der Waals surface area (Å²) in [5.41, 5.74) is 4.86. The lowest BCUT2D eigenvalue weighted by Gasteiger charge is -2.04. The predicted octanol–water partition coefficient (Wildman–Crippen LogP) is 4.90. The van der Waals surface area contributed by atoms with E-state index >= 15 is 0 Å². The van der Waals surface area contributed by atoms with Gasteiger partial charge in [0.2, 0.25) is 0 Å². The zero-order chi connectivity index (χ0) is 18.0. The first-order valence-electron chi connectivity index (χ1n) is 8.47. The molecule has 4 nitrogen and oxygen atoms in total. The molecule has 0 atom stereocenters. The van der Waals surface area contributed by atoms with Crippen LogP contribution in [0.3, 0.4) is 0 Å². The minimum atomic E-state index is 0.00343. The van der Waals surface area contributed by atoms with Crippen molar-refractivity contribution in [3.8, 4) is 11.5 Å². The lowest BCUT2D eigenvalue weighted by molar-refractivity contribution is 0.0989. The maximum atomic E-state index is 12.5. The van der Waals surface area contributed by atoms with Crippen molar-refractivity contribution in [3.63, 3.8) is 0 Å². The van der Waals surface area contributed by atoms with Crippen LogP contribution in [0.4, 0.5) is 0 Å². The summed E-state index contributed by atoms with van der Waals surface area (Å²) in [4.78, 5) is 16.9. The number of aromatic nitrogens is 2. The van der Waals surface area contributed by atoms with E-state index in [9.17, 15) is 4.79 Å². The summed E-state index contributed by atoms with van der Waals surface area (Å²) < 4.78 is 5.33. The summed E-state index contributed by atoms with van der Waals surface area (Å²) in [5.74, 6) is 1.33. The molecule has 25 heavy (non-hydrogen) atoms. The second-order valence-electron chi connectivity index (χ2n) is 6.71. The van der Waals surface area contributed by atoms with E-state index in [1.54, 1.807) is 0 Å². The molecular weight excluding hydrogens is 312 g/mol. The number of carbonyl (C=O) groups is 1. The smallest absolute Gasteiger partial charge is 0.257 e. The zero-order valence-electron chi connectivity index (χ0n) is 15.0. The molecule has 1 heterocycles. The average Bonchev–Trinajstić information content (AvgIpc) is 3.05. The summed E-state index contributed by atoms with van der Waals surface area (Å²) >= 11 is 0. The lowest BCUT2D eigenvalue weighted by Crippen LogP contribution is -2.07. The molecule has 1 aromatic heterocycles. The minimum Gasteiger partial charge on any atom is -0.334 e. The number of hydrogen-bond donors (Lipinski definition) is 0. The first kappa shape index (κ1) is 17.1. The van der Waals surface area contributed by atoms with Crippen LogP contribution in [-0.2, 0) is 6.42 Å². The van der Waals surface area contributed by atoms with Crippen LogP contribution < -0.4 is 0 Å². The van der Waals surface area contributed by atoms with E-state index < -0.39 is 0 Å². The second-order valence-corrected chi connectivity index (χ2v) is 6.71. The van der Waals surface area contributed by atoms with E-state index in [-0.39, 0.29) is 12.2 Å². The van der Waals surface area contributed by atoms with Gasteiger partial charge < -0.3 is 4.52 Å². The van der Waals surface area contributed by atoms with Crippen LogP contribution in [0.2, 0.25) is 0 Å². The fraction of sp³-hybridized carbons (Fsp3) is 0.286. The van der Waals surface area contributed by atoms with E-state index in [0.29, 0.717) is 23.2 Å². The first-order chi connectivity index (χ1) is 11.9. The third kappa shape index (κ3) is 3.85. The van der Waals surface area contributed by atoms with Crippen LogP contribution in [-0.4, -0.2) is 15.9 Å². The number of aryl methyl sites for hydroxylation is 2. The molecule has 3 rings (SSSR count). The maximum absolute atomic E-state index is 12.5. The number of hydrogen-bond acceptors (Lipinski definition) is 4. The van der Waals surface area contributed by atoms with Gasteiger partial charge in [-0.1, -0.05) is 48.8 Å². The van der Waals surface area contributed by atoms with Crippen LogP contribution in [0.5, 0.6) is 0 Å². The Balaban J connectivity index is 1.77. The fourth-order valence-electron chi connectivity index (χ4n) is 2.73. The quantitative estimate of drug-likeness (QED) is 0.623. The van der Waals surface area contributed by atoms with Crippen molar-refractivity contribution >= 4 is 5.78 Å². The number of nitrogens with zero attached hydrogens (tertiary/aromatic N) is 2. The van der Waals surface area contributed by atoms with Gasteiger partial charge in [-0.25, -0.2) is 0 Å². The Morgan fingerprint density at radius 3 is 2.48 bits per heavy atom. The van der Waals surface area contributed by atoms with Crippen LogP contribution in [0, 0.1) is 13.8 Å². The van der Waals surface area contributed by atoms with E-state index in [1.807, 2.05) is 44.2 Å². The van der Waals surface area contributed by atoms with Gasteiger partial charge in [0.1, 0.15) is 0 Å². The summed E-state index contributed by atoms with van der Waals surface area (Å²) in [5, 5.41) is 3.96. The highest BCUT2D eigenvalue weighted by molar-refractivity contribution is 5.98. The number of benzene rings is 2. The van der Waals surface area contributed by atoms with Crippen molar-refractivity contribution < 1.29 is 9.32 Å². The molecule has 4 heteroatoms. The van der Waals surface area contributed by atoms with Crippen molar-refractivity contribution in [2.75, 3.05) is 0 Å². The van der Waals surface area contributed by atoms with Gasteiger partial charge in [0.05, 0.1) is 6.42 Å². The molecule has 128 valence electrons. The van der Waals surface area contributed by atoms with Gasteiger partial charge in [0.15, 0.2) is 11.6 Å². The molecule has 0 fully saturated rings.